The van der Waals surface area contributed by atoms with Crippen molar-refractivity contribution in [2.75, 3.05) is 0 Å². The fraction of sp³-hybridized carbons (Fsp3) is 0.167. The second-order valence-corrected chi connectivity index (χ2v) is 3.82. The first-order chi connectivity index (χ1) is 8.13. The maximum atomic E-state index is 11.8. The molecule has 88 valence electrons. The number of carbonyl (C=O) groups excluding carboxylic acids is 1. The van der Waals surface area contributed by atoms with Crippen LogP contribution in [0.25, 0.3) is 10.9 Å². The molecule has 3 N–H and O–H groups in total. The Morgan fingerprint density at radius 1 is 1.41 bits per heavy atom. The number of hydrogen-bond donors (Lipinski definition) is 2. The van der Waals surface area contributed by atoms with Crippen molar-refractivity contribution >= 4 is 16.8 Å². The Morgan fingerprint density at radius 3 is 2.82 bits per heavy atom. The van der Waals surface area contributed by atoms with Crippen molar-refractivity contribution in [1.29, 1.82) is 0 Å². The Hall–Kier alpha value is -2.14. The van der Waals surface area contributed by atoms with Crippen molar-refractivity contribution in [3.8, 4) is 0 Å². The number of hydrazine groups is 1. The van der Waals surface area contributed by atoms with Crippen LogP contribution < -0.4 is 16.7 Å². The van der Waals surface area contributed by atoms with Crippen molar-refractivity contribution in [1.82, 2.24) is 9.99 Å². The molecule has 0 aliphatic carbocycles. The first kappa shape index (κ1) is 11.3. The van der Waals surface area contributed by atoms with Crippen molar-refractivity contribution < 1.29 is 4.79 Å². The van der Waals surface area contributed by atoms with E-state index in [1.807, 2.05) is 12.1 Å². The van der Waals surface area contributed by atoms with Gasteiger partial charge < -0.3 is 4.57 Å². The van der Waals surface area contributed by atoms with Crippen LogP contribution in [0.2, 0.25) is 0 Å². The number of rotatable bonds is 2. The minimum Gasteiger partial charge on any atom is -0.335 e. The lowest BCUT2D eigenvalue weighted by Gasteiger charge is -2.13. The minimum absolute atomic E-state index is 0.0393. The molecule has 0 atom stereocenters. The van der Waals surface area contributed by atoms with E-state index in [0.717, 1.165) is 11.2 Å². The highest BCUT2D eigenvalue weighted by molar-refractivity contribution is 5.82. The maximum Gasteiger partial charge on any atom is 0.253 e. The summed E-state index contributed by atoms with van der Waals surface area (Å²) in [6, 6.07) is 8.71. The highest BCUT2D eigenvalue weighted by atomic mass is 16.2. The SMILES string of the molecule is Cc1cc(=O)c2ccccc2n1CC(=O)NN. The molecule has 0 spiro atoms. The van der Waals surface area contributed by atoms with Gasteiger partial charge in [-0.3, -0.25) is 15.0 Å². The van der Waals surface area contributed by atoms with Gasteiger partial charge in [0.1, 0.15) is 6.54 Å². The summed E-state index contributed by atoms with van der Waals surface area (Å²) in [5.74, 6) is 4.77. The summed E-state index contributed by atoms with van der Waals surface area (Å²) in [7, 11) is 0. The molecule has 0 aliphatic rings. The maximum absolute atomic E-state index is 11.8. The second-order valence-electron chi connectivity index (χ2n) is 3.82. The van der Waals surface area contributed by atoms with Crippen molar-refractivity contribution in [3.63, 3.8) is 0 Å². The van der Waals surface area contributed by atoms with E-state index in [1.54, 1.807) is 23.6 Å². The summed E-state index contributed by atoms with van der Waals surface area (Å²) in [4.78, 5) is 23.1. The smallest absolute Gasteiger partial charge is 0.253 e. The molecule has 0 fully saturated rings. The molecule has 0 bridgehead atoms. The van der Waals surface area contributed by atoms with E-state index in [0.29, 0.717) is 5.39 Å². The Bertz CT molecular complexity index is 631. The largest absolute Gasteiger partial charge is 0.335 e. The number of benzene rings is 1. The highest BCUT2D eigenvalue weighted by Crippen LogP contribution is 2.12. The van der Waals surface area contributed by atoms with E-state index in [4.69, 9.17) is 5.84 Å². The van der Waals surface area contributed by atoms with Gasteiger partial charge in [-0.25, -0.2) is 5.84 Å². The summed E-state index contributed by atoms with van der Waals surface area (Å²) < 4.78 is 1.76. The number of amides is 1. The Labute approximate surface area is 97.8 Å². The molecule has 0 aliphatic heterocycles. The van der Waals surface area contributed by atoms with Gasteiger partial charge >= 0.3 is 0 Å². The zero-order chi connectivity index (χ0) is 12.4. The molecular formula is C12H13N3O2. The van der Waals surface area contributed by atoms with Crippen LogP contribution >= 0.6 is 0 Å². The zero-order valence-corrected chi connectivity index (χ0v) is 9.43. The third kappa shape index (κ3) is 2.05. The quantitative estimate of drug-likeness (QED) is 0.443. The van der Waals surface area contributed by atoms with E-state index < -0.39 is 0 Å². The molecule has 0 saturated carbocycles. The molecule has 1 aromatic carbocycles. The summed E-state index contributed by atoms with van der Waals surface area (Å²) >= 11 is 0. The average Bonchev–Trinajstić information content (AvgIpc) is 2.34. The highest BCUT2D eigenvalue weighted by Gasteiger charge is 2.08. The molecule has 2 aromatic rings. The summed E-state index contributed by atoms with van der Waals surface area (Å²) in [5.41, 5.74) is 3.51. The monoisotopic (exact) mass is 231 g/mol. The van der Waals surface area contributed by atoms with Crippen LogP contribution in [-0.2, 0) is 11.3 Å². The van der Waals surface area contributed by atoms with Gasteiger partial charge in [0.2, 0.25) is 0 Å². The van der Waals surface area contributed by atoms with Crippen LogP contribution in [0.5, 0.6) is 0 Å². The number of nitrogens with one attached hydrogen (secondary N) is 1. The molecule has 0 saturated heterocycles. The number of fused-ring (bicyclic) bond motifs is 1. The number of carbonyl (C=O) groups is 1. The molecule has 1 heterocycles. The number of hydrogen-bond acceptors (Lipinski definition) is 3. The lowest BCUT2D eigenvalue weighted by Crippen LogP contribution is -2.34. The average molecular weight is 231 g/mol. The van der Waals surface area contributed by atoms with Crippen LogP contribution in [-0.4, -0.2) is 10.5 Å². The number of pyridine rings is 1. The van der Waals surface area contributed by atoms with Gasteiger partial charge in [-0.1, -0.05) is 12.1 Å². The van der Waals surface area contributed by atoms with Crippen LogP contribution in [0.4, 0.5) is 0 Å². The van der Waals surface area contributed by atoms with E-state index in [1.165, 1.54) is 6.07 Å². The van der Waals surface area contributed by atoms with Gasteiger partial charge in [0, 0.05) is 17.1 Å². The predicted molar refractivity (Wildman–Crippen MR) is 65.3 cm³/mol. The van der Waals surface area contributed by atoms with Gasteiger partial charge in [0.05, 0.1) is 5.52 Å². The van der Waals surface area contributed by atoms with E-state index >= 15 is 0 Å². The molecule has 0 unspecified atom stereocenters. The molecule has 1 aromatic heterocycles. The number of aryl methyl sites for hydroxylation is 1. The summed E-state index contributed by atoms with van der Waals surface area (Å²) in [6.07, 6.45) is 0. The van der Waals surface area contributed by atoms with Crippen LogP contribution in [0.1, 0.15) is 5.69 Å². The fourth-order valence-corrected chi connectivity index (χ4v) is 1.85. The molecule has 5 nitrogen and oxygen atoms in total. The predicted octanol–water partition coefficient (Wildman–Crippen LogP) is 0.300. The Kier molecular flexibility index (Phi) is 2.93. The molecule has 5 heteroatoms. The lowest BCUT2D eigenvalue weighted by atomic mass is 10.2. The first-order valence-corrected chi connectivity index (χ1v) is 5.22. The number of nitrogens with two attached hydrogens (primary N) is 1. The first-order valence-electron chi connectivity index (χ1n) is 5.22. The van der Waals surface area contributed by atoms with Gasteiger partial charge in [-0.2, -0.15) is 0 Å². The van der Waals surface area contributed by atoms with Gasteiger partial charge in [-0.15, -0.1) is 0 Å². The Morgan fingerprint density at radius 2 is 2.12 bits per heavy atom. The zero-order valence-electron chi connectivity index (χ0n) is 9.43. The van der Waals surface area contributed by atoms with Crippen molar-refractivity contribution in [2.45, 2.75) is 13.5 Å². The second kappa shape index (κ2) is 4.39. The van der Waals surface area contributed by atoms with E-state index in [2.05, 4.69) is 5.43 Å². The molecule has 17 heavy (non-hydrogen) atoms. The lowest BCUT2D eigenvalue weighted by molar-refractivity contribution is -0.121. The molecule has 2 rings (SSSR count). The fourth-order valence-electron chi connectivity index (χ4n) is 1.85. The van der Waals surface area contributed by atoms with Crippen LogP contribution in [0.15, 0.2) is 35.1 Å². The molecular weight excluding hydrogens is 218 g/mol. The van der Waals surface area contributed by atoms with Crippen LogP contribution in [0.3, 0.4) is 0 Å². The van der Waals surface area contributed by atoms with Gasteiger partial charge in [-0.05, 0) is 19.1 Å². The van der Waals surface area contributed by atoms with Gasteiger partial charge in [0.25, 0.3) is 5.91 Å². The minimum atomic E-state index is -0.304. The third-order valence-electron chi connectivity index (χ3n) is 2.69. The van der Waals surface area contributed by atoms with Crippen molar-refractivity contribution in [3.05, 3.63) is 46.2 Å². The molecule has 1 amide bonds. The summed E-state index contributed by atoms with van der Waals surface area (Å²) in [6.45, 7) is 1.89. The topological polar surface area (TPSA) is 77.1 Å². The van der Waals surface area contributed by atoms with Gasteiger partial charge in [0.15, 0.2) is 5.43 Å². The van der Waals surface area contributed by atoms with Crippen molar-refractivity contribution in [2.24, 2.45) is 5.84 Å². The molecule has 0 radical (unpaired) electrons. The number of nitrogens with zero attached hydrogens (tertiary/aromatic N) is 1. The summed E-state index contributed by atoms with van der Waals surface area (Å²) in [5, 5.41) is 0.600. The number of aromatic nitrogens is 1. The van der Waals surface area contributed by atoms with E-state index in [-0.39, 0.29) is 17.9 Å². The van der Waals surface area contributed by atoms with E-state index in [9.17, 15) is 9.59 Å². The normalized spacial score (nSPS) is 10.5. The van der Waals surface area contributed by atoms with Crippen LogP contribution in [0, 0.1) is 6.92 Å². The third-order valence-corrected chi connectivity index (χ3v) is 2.69. The number of para-hydroxylation sites is 1. The Balaban J connectivity index is 2.69. The standard InChI is InChI=1S/C12H13N3O2/c1-8-6-11(16)9-4-2-3-5-10(9)15(8)7-12(17)14-13/h2-6H,7,13H2,1H3,(H,14,17).